The van der Waals surface area contributed by atoms with Crippen molar-refractivity contribution in [2.24, 2.45) is 5.92 Å². The molecular weight excluding hydrogens is 536 g/mol. The third kappa shape index (κ3) is 2.97. The lowest BCUT2D eigenvalue weighted by atomic mass is 9.76. The van der Waals surface area contributed by atoms with Gasteiger partial charge in [-0.2, -0.15) is 0 Å². The lowest BCUT2D eigenvalue weighted by Crippen LogP contribution is -2.55. The second-order valence-electron chi connectivity index (χ2n) is 4.56. The first-order chi connectivity index (χ1) is 7.14. The van der Waals surface area contributed by atoms with E-state index in [0.29, 0.717) is 0 Å². The molecular formula is C10H13Br5O. The molecule has 1 aliphatic carbocycles. The number of alkyl halides is 5. The Labute approximate surface area is 139 Å². The molecule has 5 atom stereocenters. The van der Waals surface area contributed by atoms with Gasteiger partial charge in [0.1, 0.15) is 0 Å². The summed E-state index contributed by atoms with van der Waals surface area (Å²) in [7, 11) is 0. The first kappa shape index (κ1) is 16.1. The molecule has 1 fully saturated rings. The Kier molecular flexibility index (Phi) is 5.64. The molecule has 6 heteroatoms. The van der Waals surface area contributed by atoms with E-state index < -0.39 is 4.32 Å². The van der Waals surface area contributed by atoms with Crippen molar-refractivity contribution in [3.8, 4) is 0 Å². The molecule has 0 radical (unpaired) electrons. The Balaban J connectivity index is 2.99. The second-order valence-corrected chi connectivity index (χ2v) is 10.7. The van der Waals surface area contributed by atoms with Crippen molar-refractivity contribution in [3.63, 3.8) is 0 Å². The van der Waals surface area contributed by atoms with Crippen molar-refractivity contribution in [2.45, 2.75) is 38.6 Å². The summed E-state index contributed by atoms with van der Waals surface area (Å²) >= 11 is 17.9. The van der Waals surface area contributed by atoms with Gasteiger partial charge in [-0.3, -0.25) is 4.79 Å². The van der Waals surface area contributed by atoms with Crippen LogP contribution in [0.3, 0.4) is 0 Å². The number of carbonyl (C=O) groups is 1. The minimum absolute atomic E-state index is 0.0770. The van der Waals surface area contributed by atoms with Gasteiger partial charge in [0.05, 0.1) is 9.15 Å². The average molecular weight is 549 g/mol. The molecule has 0 amide bonds. The summed E-state index contributed by atoms with van der Waals surface area (Å²) in [6.07, 6.45) is 0.941. The number of ketones is 1. The molecule has 0 spiro atoms. The predicted octanol–water partition coefficient (Wildman–Crippen LogP) is 4.80. The molecule has 0 aromatic heterocycles. The number of hydrogen-bond acceptors (Lipinski definition) is 1. The summed E-state index contributed by atoms with van der Waals surface area (Å²) in [6, 6.07) is 0. The van der Waals surface area contributed by atoms with Gasteiger partial charge in [-0.15, -0.1) is 0 Å². The minimum atomic E-state index is -0.479. The topological polar surface area (TPSA) is 17.1 Å². The van der Waals surface area contributed by atoms with E-state index in [9.17, 15) is 4.79 Å². The lowest BCUT2D eigenvalue weighted by Gasteiger charge is -2.44. The third-order valence-electron chi connectivity index (χ3n) is 3.17. The maximum atomic E-state index is 12.3. The Bertz CT molecular complexity index is 289. The van der Waals surface area contributed by atoms with Crippen molar-refractivity contribution in [2.75, 3.05) is 5.33 Å². The molecule has 0 aromatic rings. The van der Waals surface area contributed by atoms with Gasteiger partial charge < -0.3 is 0 Å². The molecule has 0 bridgehead atoms. The van der Waals surface area contributed by atoms with Gasteiger partial charge in [0.15, 0.2) is 5.78 Å². The van der Waals surface area contributed by atoms with Gasteiger partial charge in [0.25, 0.3) is 0 Å². The zero-order valence-corrected chi connectivity index (χ0v) is 16.9. The highest BCUT2D eigenvalue weighted by atomic mass is 79.9. The molecule has 16 heavy (non-hydrogen) atoms. The maximum absolute atomic E-state index is 12.3. The van der Waals surface area contributed by atoms with E-state index in [1.165, 1.54) is 0 Å². The zero-order chi connectivity index (χ0) is 12.7. The predicted molar refractivity (Wildman–Crippen MR) is 87.0 cm³/mol. The van der Waals surface area contributed by atoms with Crippen molar-refractivity contribution >= 4 is 85.4 Å². The van der Waals surface area contributed by atoms with Crippen LogP contribution in [0.15, 0.2) is 0 Å². The van der Waals surface area contributed by atoms with Gasteiger partial charge in [0.2, 0.25) is 0 Å². The van der Waals surface area contributed by atoms with Crippen LogP contribution in [0.4, 0.5) is 0 Å². The molecule has 0 saturated heterocycles. The van der Waals surface area contributed by atoms with E-state index in [4.69, 9.17) is 0 Å². The molecule has 0 N–H and O–H groups in total. The van der Waals surface area contributed by atoms with Crippen LogP contribution >= 0.6 is 79.6 Å². The fraction of sp³-hybridized carbons (Fsp3) is 0.900. The van der Waals surface area contributed by atoms with E-state index >= 15 is 0 Å². The third-order valence-corrected chi connectivity index (χ3v) is 9.86. The standard InChI is InChI=1S/C10H13Br5O/c1-9(14,4-11)5-3-6(12)10(2,15)8(16)7(5)13/h5-7H,3-4H2,1-2H3/t5-,6+,7+,9+,10+/m1/s1. The Morgan fingerprint density at radius 3 is 2.44 bits per heavy atom. The molecule has 0 aliphatic heterocycles. The van der Waals surface area contributed by atoms with Gasteiger partial charge in [-0.05, 0) is 26.2 Å². The first-order valence-electron chi connectivity index (χ1n) is 4.91. The summed E-state index contributed by atoms with van der Waals surface area (Å²) < 4.78 is -0.556. The number of halogens is 5. The summed E-state index contributed by atoms with van der Waals surface area (Å²) in [5.41, 5.74) is 0. The SMILES string of the molecule is C[C@](Br)(CBr)[C@@H]1C[C@H](Br)[C@](C)(Br)C(=O)[C@H]1Br. The molecule has 0 unspecified atom stereocenters. The largest absolute Gasteiger partial charge is 0.297 e. The Hall–Kier alpha value is 2.07. The van der Waals surface area contributed by atoms with Crippen LogP contribution in [0.25, 0.3) is 0 Å². The van der Waals surface area contributed by atoms with Crippen molar-refractivity contribution in [1.29, 1.82) is 0 Å². The number of carbonyl (C=O) groups excluding carboxylic acids is 1. The van der Waals surface area contributed by atoms with Crippen LogP contribution < -0.4 is 0 Å². The Morgan fingerprint density at radius 2 is 2.00 bits per heavy atom. The average Bonchev–Trinajstić information content (AvgIpc) is 2.21. The number of rotatable bonds is 2. The monoisotopic (exact) mass is 544 g/mol. The van der Waals surface area contributed by atoms with Crippen LogP contribution in [0.5, 0.6) is 0 Å². The molecule has 0 aromatic carbocycles. The fourth-order valence-electron chi connectivity index (χ4n) is 1.82. The molecule has 1 saturated carbocycles. The summed E-state index contributed by atoms with van der Waals surface area (Å²) in [5.74, 6) is 0.464. The molecule has 94 valence electrons. The summed E-state index contributed by atoms with van der Waals surface area (Å²) in [4.78, 5) is 12.3. The van der Waals surface area contributed by atoms with Gasteiger partial charge in [0, 0.05) is 14.5 Å². The minimum Gasteiger partial charge on any atom is -0.297 e. The second kappa shape index (κ2) is 5.59. The first-order valence-corrected chi connectivity index (χ1v) is 9.44. The smallest absolute Gasteiger partial charge is 0.164 e. The number of Topliss-reactive ketones (excluding diaryl/α,β-unsaturated/α-hetero) is 1. The molecule has 0 heterocycles. The van der Waals surface area contributed by atoms with Crippen molar-refractivity contribution in [3.05, 3.63) is 0 Å². The summed E-state index contributed by atoms with van der Waals surface area (Å²) in [5, 5.41) is 0.818. The van der Waals surface area contributed by atoms with Crippen LogP contribution in [-0.2, 0) is 4.79 Å². The molecule has 1 aliphatic rings. The van der Waals surface area contributed by atoms with Crippen LogP contribution in [-0.4, -0.2) is 29.4 Å². The molecule has 1 nitrogen and oxygen atoms in total. The number of hydrogen-bond donors (Lipinski definition) is 0. The van der Waals surface area contributed by atoms with Crippen LogP contribution in [0, 0.1) is 5.92 Å². The van der Waals surface area contributed by atoms with Gasteiger partial charge in [-0.1, -0.05) is 79.6 Å². The fourth-order valence-corrected chi connectivity index (χ4v) is 5.69. The van der Waals surface area contributed by atoms with E-state index in [1.54, 1.807) is 0 Å². The maximum Gasteiger partial charge on any atom is 0.164 e. The summed E-state index contributed by atoms with van der Waals surface area (Å²) in [6.45, 7) is 4.05. The van der Waals surface area contributed by atoms with E-state index in [-0.39, 0.29) is 25.7 Å². The highest BCUT2D eigenvalue weighted by Gasteiger charge is 2.52. The molecule has 1 rings (SSSR count). The van der Waals surface area contributed by atoms with Gasteiger partial charge >= 0.3 is 0 Å². The normalized spacial score (nSPS) is 44.2. The van der Waals surface area contributed by atoms with Gasteiger partial charge in [-0.25, -0.2) is 0 Å². The lowest BCUT2D eigenvalue weighted by molar-refractivity contribution is -0.122. The highest BCUT2D eigenvalue weighted by molar-refractivity contribution is 9.13. The highest BCUT2D eigenvalue weighted by Crippen LogP contribution is 2.48. The van der Waals surface area contributed by atoms with Crippen molar-refractivity contribution in [1.82, 2.24) is 0 Å². The van der Waals surface area contributed by atoms with E-state index in [1.807, 2.05) is 6.92 Å². The van der Waals surface area contributed by atoms with E-state index in [2.05, 4.69) is 86.6 Å². The van der Waals surface area contributed by atoms with Crippen LogP contribution in [0.1, 0.15) is 20.3 Å². The quantitative estimate of drug-likeness (QED) is 0.453. The Morgan fingerprint density at radius 1 is 1.50 bits per heavy atom. The van der Waals surface area contributed by atoms with Crippen molar-refractivity contribution < 1.29 is 4.79 Å². The van der Waals surface area contributed by atoms with E-state index in [0.717, 1.165) is 11.8 Å². The zero-order valence-electron chi connectivity index (χ0n) is 8.94. The van der Waals surface area contributed by atoms with Crippen LogP contribution in [0.2, 0.25) is 0 Å².